The van der Waals surface area contributed by atoms with Crippen molar-refractivity contribution in [1.29, 1.82) is 0 Å². The molecule has 24 heavy (non-hydrogen) atoms. The van der Waals surface area contributed by atoms with Crippen molar-refractivity contribution in [3.05, 3.63) is 68.5 Å². The number of nitrogens with zero attached hydrogens (tertiary/aromatic N) is 2. The Morgan fingerprint density at radius 1 is 1.33 bits per heavy atom. The smallest absolute Gasteiger partial charge is 0.282 e. The number of aryl methyl sites for hydroxylation is 1. The van der Waals surface area contributed by atoms with Crippen LogP contribution in [0, 0.1) is 15.9 Å². The molecule has 1 amide bonds. The van der Waals surface area contributed by atoms with Crippen LogP contribution in [-0.4, -0.2) is 16.9 Å². The summed E-state index contributed by atoms with van der Waals surface area (Å²) in [6.07, 6.45) is 1.30. The predicted octanol–water partition coefficient (Wildman–Crippen LogP) is 4.37. The molecule has 0 N–H and O–H groups in total. The van der Waals surface area contributed by atoms with E-state index >= 15 is 0 Å². The van der Waals surface area contributed by atoms with Crippen molar-refractivity contribution < 1.29 is 14.1 Å². The van der Waals surface area contributed by atoms with Gasteiger partial charge in [0.15, 0.2) is 0 Å². The molecule has 7 heteroatoms. The average molecular weight is 349 g/mol. The van der Waals surface area contributed by atoms with Crippen LogP contribution >= 0.6 is 11.6 Å². The topological polar surface area (TPSA) is 63.5 Å². The quantitative estimate of drug-likeness (QED) is 0.598. The third kappa shape index (κ3) is 2.85. The Morgan fingerprint density at radius 3 is 2.79 bits per heavy atom. The van der Waals surface area contributed by atoms with Gasteiger partial charge in [0.1, 0.15) is 11.4 Å². The van der Waals surface area contributed by atoms with Crippen LogP contribution in [0.5, 0.6) is 0 Å². The van der Waals surface area contributed by atoms with Crippen LogP contribution < -0.4 is 4.90 Å². The van der Waals surface area contributed by atoms with E-state index in [4.69, 9.17) is 11.6 Å². The van der Waals surface area contributed by atoms with Gasteiger partial charge < -0.3 is 4.90 Å². The van der Waals surface area contributed by atoms with Crippen LogP contribution in [0.1, 0.15) is 29.3 Å². The monoisotopic (exact) mass is 348 g/mol. The van der Waals surface area contributed by atoms with Crippen molar-refractivity contribution in [1.82, 2.24) is 0 Å². The fraction of sp³-hybridized carbons (Fsp3) is 0.235. The number of carbonyl (C=O) groups is 1. The molecule has 124 valence electrons. The Bertz CT molecular complexity index is 841. The van der Waals surface area contributed by atoms with Crippen LogP contribution in [0.4, 0.5) is 15.8 Å². The molecule has 0 saturated carbocycles. The van der Waals surface area contributed by atoms with Gasteiger partial charge >= 0.3 is 0 Å². The van der Waals surface area contributed by atoms with Crippen LogP contribution in [0.15, 0.2) is 36.4 Å². The van der Waals surface area contributed by atoms with Crippen molar-refractivity contribution in [2.24, 2.45) is 0 Å². The van der Waals surface area contributed by atoms with Gasteiger partial charge in [-0.3, -0.25) is 14.9 Å². The minimum atomic E-state index is -0.607. The van der Waals surface area contributed by atoms with Crippen LogP contribution in [0.25, 0.3) is 0 Å². The molecule has 1 aliphatic heterocycles. The maximum Gasteiger partial charge on any atom is 0.282 e. The summed E-state index contributed by atoms with van der Waals surface area (Å²) in [4.78, 5) is 25.1. The normalized spacial score (nSPS) is 16.6. The maximum absolute atomic E-state index is 13.5. The van der Waals surface area contributed by atoms with E-state index in [2.05, 4.69) is 0 Å². The largest absolute Gasteiger partial charge is 0.305 e. The van der Waals surface area contributed by atoms with E-state index in [0.29, 0.717) is 24.1 Å². The number of anilines is 1. The number of hydrogen-bond donors (Lipinski definition) is 0. The summed E-state index contributed by atoms with van der Waals surface area (Å²) in [7, 11) is 0. The van der Waals surface area contributed by atoms with Gasteiger partial charge in [-0.2, -0.15) is 0 Å². The van der Waals surface area contributed by atoms with E-state index in [-0.39, 0.29) is 28.1 Å². The van der Waals surface area contributed by atoms with Gasteiger partial charge in [-0.1, -0.05) is 11.6 Å². The zero-order valence-electron chi connectivity index (χ0n) is 12.8. The maximum atomic E-state index is 13.5. The number of benzene rings is 2. The van der Waals surface area contributed by atoms with Gasteiger partial charge in [0, 0.05) is 22.8 Å². The Labute approximate surface area is 142 Å². The van der Waals surface area contributed by atoms with Gasteiger partial charge in [-0.15, -0.1) is 0 Å². The lowest BCUT2D eigenvalue weighted by Gasteiger charge is -2.35. The minimum absolute atomic E-state index is 0.0727. The average Bonchev–Trinajstić information content (AvgIpc) is 2.54. The molecular weight excluding hydrogens is 335 g/mol. The molecule has 2 aromatic rings. The van der Waals surface area contributed by atoms with Crippen molar-refractivity contribution in [3.63, 3.8) is 0 Å². The second-order valence-electron chi connectivity index (χ2n) is 5.75. The predicted molar refractivity (Wildman–Crippen MR) is 89.1 cm³/mol. The first-order valence-corrected chi connectivity index (χ1v) is 7.82. The summed E-state index contributed by atoms with van der Waals surface area (Å²) < 4.78 is 13.5. The molecule has 2 aromatic carbocycles. The number of hydrogen-bond acceptors (Lipinski definition) is 3. The van der Waals surface area contributed by atoms with Gasteiger partial charge in [-0.05, 0) is 55.7 Å². The Hall–Kier alpha value is -2.47. The summed E-state index contributed by atoms with van der Waals surface area (Å²) in [6, 6.07) is 7.95. The Kier molecular flexibility index (Phi) is 4.24. The molecule has 1 aliphatic rings. The lowest BCUT2D eigenvalue weighted by Crippen LogP contribution is -2.42. The second-order valence-corrected chi connectivity index (χ2v) is 6.19. The molecule has 1 atom stereocenters. The second kappa shape index (κ2) is 6.20. The van der Waals surface area contributed by atoms with Crippen molar-refractivity contribution >= 4 is 28.9 Å². The lowest BCUT2D eigenvalue weighted by atomic mass is 9.95. The lowest BCUT2D eigenvalue weighted by molar-refractivity contribution is -0.385. The van der Waals surface area contributed by atoms with Gasteiger partial charge in [0.05, 0.1) is 4.92 Å². The summed E-state index contributed by atoms with van der Waals surface area (Å²) in [6.45, 7) is 1.86. The molecule has 0 bridgehead atoms. The zero-order chi connectivity index (χ0) is 17.4. The van der Waals surface area contributed by atoms with Gasteiger partial charge in [0.2, 0.25) is 0 Å². The Morgan fingerprint density at radius 2 is 2.08 bits per heavy atom. The fourth-order valence-corrected chi connectivity index (χ4v) is 3.17. The highest BCUT2D eigenvalue weighted by Crippen LogP contribution is 2.34. The van der Waals surface area contributed by atoms with Crippen molar-refractivity contribution in [3.8, 4) is 0 Å². The van der Waals surface area contributed by atoms with Crippen LogP contribution in [-0.2, 0) is 6.42 Å². The highest BCUT2D eigenvalue weighted by molar-refractivity contribution is 6.31. The number of halogens is 2. The van der Waals surface area contributed by atoms with Gasteiger partial charge in [0.25, 0.3) is 11.6 Å². The summed E-state index contributed by atoms with van der Waals surface area (Å²) in [5, 5.41) is 11.5. The first kappa shape index (κ1) is 16.4. The van der Waals surface area contributed by atoms with E-state index in [9.17, 15) is 19.3 Å². The van der Waals surface area contributed by atoms with E-state index < -0.39 is 10.8 Å². The van der Waals surface area contributed by atoms with Gasteiger partial charge in [-0.25, -0.2) is 4.39 Å². The van der Waals surface area contributed by atoms with E-state index in [0.717, 1.165) is 0 Å². The first-order chi connectivity index (χ1) is 11.4. The molecule has 0 unspecified atom stereocenters. The van der Waals surface area contributed by atoms with Crippen LogP contribution in [0.2, 0.25) is 5.02 Å². The third-order valence-corrected chi connectivity index (χ3v) is 4.41. The molecule has 0 fully saturated rings. The molecular formula is C17H14ClFN2O3. The summed E-state index contributed by atoms with van der Waals surface area (Å²) >= 11 is 5.92. The highest BCUT2D eigenvalue weighted by atomic mass is 35.5. The number of carbonyl (C=O) groups excluding carboxylic acids is 1. The number of nitro groups is 1. The summed E-state index contributed by atoms with van der Waals surface area (Å²) in [5.74, 6) is -0.881. The fourth-order valence-electron chi connectivity index (χ4n) is 3.00. The van der Waals surface area contributed by atoms with Crippen LogP contribution in [0.3, 0.4) is 0 Å². The number of nitro benzene ring substituents is 1. The molecule has 1 heterocycles. The molecule has 5 nitrogen and oxygen atoms in total. The first-order valence-electron chi connectivity index (χ1n) is 7.44. The SMILES string of the molecule is C[C@H]1CCc2cc(F)ccc2N1C(=O)c1cc(Cl)ccc1[N+](=O)[O-]. The van der Waals surface area contributed by atoms with E-state index in [1.165, 1.54) is 41.3 Å². The molecule has 0 aromatic heterocycles. The zero-order valence-corrected chi connectivity index (χ0v) is 13.6. The third-order valence-electron chi connectivity index (χ3n) is 4.18. The molecule has 3 rings (SSSR count). The molecule has 0 spiro atoms. The molecule has 0 aliphatic carbocycles. The standard InChI is InChI=1S/C17H14ClFN2O3/c1-10-2-3-11-8-13(19)5-7-15(11)20(10)17(22)14-9-12(18)4-6-16(14)21(23)24/h4-10H,2-3H2,1H3/t10-/m0/s1. The number of fused-ring (bicyclic) bond motifs is 1. The van der Waals surface area contributed by atoms with E-state index in [1.807, 2.05) is 6.92 Å². The highest BCUT2D eigenvalue weighted by Gasteiger charge is 2.32. The van der Waals surface area contributed by atoms with E-state index in [1.54, 1.807) is 0 Å². The minimum Gasteiger partial charge on any atom is -0.305 e. The number of rotatable bonds is 2. The Balaban J connectivity index is 2.11. The molecule has 0 saturated heterocycles. The summed E-state index contributed by atoms with van der Waals surface area (Å²) in [5.41, 5.74) is 0.919. The molecule has 0 radical (unpaired) electrons. The number of amides is 1. The van der Waals surface area contributed by atoms with Crippen molar-refractivity contribution in [2.45, 2.75) is 25.8 Å². The van der Waals surface area contributed by atoms with Crippen molar-refractivity contribution in [2.75, 3.05) is 4.90 Å².